The number of hydrazine groups is 1. The van der Waals surface area contributed by atoms with Crippen LogP contribution in [0.4, 0.5) is 0 Å². The number of aryl methyl sites for hydroxylation is 1. The average Bonchev–Trinajstić information content (AvgIpc) is 3.20. The fraction of sp³-hybridized carbons (Fsp3) is 0.273. The van der Waals surface area contributed by atoms with Crippen LogP contribution in [0.3, 0.4) is 0 Å². The molecule has 0 aliphatic heterocycles. The van der Waals surface area contributed by atoms with Gasteiger partial charge >= 0.3 is 0 Å². The predicted molar refractivity (Wildman–Crippen MR) is 126 cm³/mol. The zero-order chi connectivity index (χ0) is 23.3. The van der Waals surface area contributed by atoms with Crippen LogP contribution in [0.5, 0.6) is 0 Å². The minimum atomic E-state index is -0.380. The summed E-state index contributed by atoms with van der Waals surface area (Å²) in [6.07, 6.45) is 0. The average molecular weight is 473 g/mol. The molecule has 3 rings (SSSR count). The van der Waals surface area contributed by atoms with Gasteiger partial charge < -0.3 is 0 Å². The summed E-state index contributed by atoms with van der Waals surface area (Å²) in [7, 11) is 3.92. The van der Waals surface area contributed by atoms with Crippen molar-refractivity contribution in [3.05, 3.63) is 70.5 Å². The van der Waals surface area contributed by atoms with Crippen LogP contribution in [0, 0.1) is 6.92 Å². The van der Waals surface area contributed by atoms with Gasteiger partial charge in [-0.05, 0) is 64.3 Å². The smallest absolute Gasteiger partial charge is 0.269 e. The number of nitrogens with one attached hydrogen (secondary N) is 2. The van der Waals surface area contributed by atoms with Crippen LogP contribution in [0.25, 0.3) is 5.69 Å². The Labute approximate surface area is 196 Å². The number of amides is 2. The number of carbonyl (C=O) groups excluding carboxylic acids is 2. The highest BCUT2D eigenvalue weighted by atomic mass is 35.5. The summed E-state index contributed by atoms with van der Waals surface area (Å²) in [6.45, 7) is 3.96. The Hall–Kier alpha value is -2.88. The molecule has 2 N–H and O–H groups in total. The van der Waals surface area contributed by atoms with Crippen molar-refractivity contribution in [3.8, 4) is 5.69 Å². The molecular weight excluding hydrogens is 448 g/mol. The number of benzene rings is 2. The Morgan fingerprint density at radius 2 is 1.72 bits per heavy atom. The van der Waals surface area contributed by atoms with Crippen LogP contribution < -0.4 is 10.9 Å². The number of carbonyl (C=O) groups is 2. The van der Waals surface area contributed by atoms with E-state index in [-0.39, 0.29) is 23.6 Å². The Balaban J connectivity index is 1.68. The zero-order valence-corrected chi connectivity index (χ0v) is 19.9. The Morgan fingerprint density at radius 3 is 2.34 bits per heavy atom. The number of rotatable bonds is 7. The molecule has 0 radical (unpaired) electrons. The van der Waals surface area contributed by atoms with Gasteiger partial charge in [-0.25, -0.2) is 0 Å². The number of hydrogen-bond donors (Lipinski definition) is 2. The van der Waals surface area contributed by atoms with Crippen molar-refractivity contribution < 1.29 is 9.59 Å². The van der Waals surface area contributed by atoms with Crippen molar-refractivity contribution in [2.24, 2.45) is 0 Å². The van der Waals surface area contributed by atoms with Gasteiger partial charge in [-0.3, -0.25) is 29.9 Å². The maximum absolute atomic E-state index is 12.3. The van der Waals surface area contributed by atoms with E-state index in [4.69, 9.17) is 11.6 Å². The first-order valence-corrected chi connectivity index (χ1v) is 11.3. The predicted octanol–water partition coefficient (Wildman–Crippen LogP) is 3.41. The molecule has 0 saturated heterocycles. The molecular formula is C22H25ClN6O2S. The lowest BCUT2D eigenvalue weighted by atomic mass is 10.1. The second-order valence-corrected chi connectivity index (χ2v) is 8.83. The molecule has 1 aromatic heterocycles. The van der Waals surface area contributed by atoms with E-state index < -0.39 is 0 Å². The van der Waals surface area contributed by atoms with E-state index in [9.17, 15) is 9.59 Å². The van der Waals surface area contributed by atoms with Gasteiger partial charge in [0.2, 0.25) is 5.91 Å². The molecule has 3 aromatic rings. The van der Waals surface area contributed by atoms with Gasteiger partial charge in [0, 0.05) is 16.3 Å². The fourth-order valence-electron chi connectivity index (χ4n) is 2.78. The Kier molecular flexibility index (Phi) is 7.89. The largest absolute Gasteiger partial charge is 0.300 e. The number of halogens is 1. The van der Waals surface area contributed by atoms with Crippen molar-refractivity contribution in [1.82, 2.24) is 30.5 Å². The molecule has 0 bridgehead atoms. The van der Waals surface area contributed by atoms with E-state index in [0.717, 1.165) is 17.1 Å². The Bertz CT molecular complexity index is 1080. The van der Waals surface area contributed by atoms with Crippen LogP contribution >= 0.6 is 23.4 Å². The first kappa shape index (κ1) is 23.8. The van der Waals surface area contributed by atoms with Gasteiger partial charge in [-0.1, -0.05) is 41.1 Å². The van der Waals surface area contributed by atoms with Gasteiger partial charge in [0.1, 0.15) is 0 Å². The number of nitrogens with zero attached hydrogens (tertiary/aromatic N) is 4. The molecule has 32 heavy (non-hydrogen) atoms. The molecule has 0 fully saturated rings. The van der Waals surface area contributed by atoms with Crippen molar-refractivity contribution in [2.75, 3.05) is 19.8 Å². The standard InChI is InChI=1S/C22H25ClN6O2S/c1-14-5-7-16(8-6-14)21(31)26-24-19(30)13-32-22-27-25-20(15(2)28(3)4)29(22)18-11-9-17(23)10-12-18/h5-12,15H,13H2,1-4H3,(H,24,30)(H,26,31)/t15-/m1/s1. The summed E-state index contributed by atoms with van der Waals surface area (Å²) >= 11 is 7.27. The third kappa shape index (κ3) is 5.87. The third-order valence-corrected chi connectivity index (χ3v) is 6.03. The molecule has 1 heterocycles. The summed E-state index contributed by atoms with van der Waals surface area (Å²) in [6, 6.07) is 14.4. The summed E-state index contributed by atoms with van der Waals surface area (Å²) < 4.78 is 1.91. The first-order valence-electron chi connectivity index (χ1n) is 9.92. The quantitative estimate of drug-likeness (QED) is 0.404. The minimum Gasteiger partial charge on any atom is -0.300 e. The van der Waals surface area contributed by atoms with E-state index in [1.165, 1.54) is 11.8 Å². The molecule has 1 atom stereocenters. The molecule has 0 aliphatic rings. The molecule has 2 amide bonds. The highest BCUT2D eigenvalue weighted by molar-refractivity contribution is 7.99. The summed E-state index contributed by atoms with van der Waals surface area (Å²) in [4.78, 5) is 26.5. The third-order valence-electron chi connectivity index (χ3n) is 4.85. The van der Waals surface area contributed by atoms with Gasteiger partial charge in [0.25, 0.3) is 5.91 Å². The maximum Gasteiger partial charge on any atom is 0.269 e. The van der Waals surface area contributed by atoms with E-state index >= 15 is 0 Å². The zero-order valence-electron chi connectivity index (χ0n) is 18.3. The monoisotopic (exact) mass is 472 g/mol. The number of aromatic nitrogens is 3. The molecule has 0 unspecified atom stereocenters. The SMILES string of the molecule is Cc1ccc(C(=O)NNC(=O)CSc2nnc([C@@H](C)N(C)C)n2-c2ccc(Cl)cc2)cc1. The molecule has 2 aromatic carbocycles. The summed E-state index contributed by atoms with van der Waals surface area (Å²) in [5.74, 6) is 0.0574. The van der Waals surface area contributed by atoms with Crippen LogP contribution in [-0.2, 0) is 4.79 Å². The number of hydrogen-bond acceptors (Lipinski definition) is 6. The molecule has 0 spiro atoms. The lowest BCUT2D eigenvalue weighted by Crippen LogP contribution is -2.42. The Morgan fingerprint density at radius 1 is 1.06 bits per heavy atom. The van der Waals surface area contributed by atoms with Crippen molar-refractivity contribution in [3.63, 3.8) is 0 Å². The van der Waals surface area contributed by atoms with Gasteiger partial charge in [-0.2, -0.15) is 0 Å². The van der Waals surface area contributed by atoms with Crippen molar-refractivity contribution >= 4 is 35.2 Å². The van der Waals surface area contributed by atoms with Crippen LogP contribution in [0.15, 0.2) is 53.7 Å². The van der Waals surface area contributed by atoms with E-state index in [1.807, 2.05) is 61.7 Å². The fourth-order valence-corrected chi connectivity index (χ4v) is 3.66. The van der Waals surface area contributed by atoms with E-state index in [0.29, 0.717) is 15.7 Å². The topological polar surface area (TPSA) is 92.2 Å². The van der Waals surface area contributed by atoms with Gasteiger partial charge in [-0.15, -0.1) is 10.2 Å². The molecule has 168 valence electrons. The second-order valence-electron chi connectivity index (χ2n) is 7.45. The normalized spacial score (nSPS) is 11.9. The molecule has 10 heteroatoms. The van der Waals surface area contributed by atoms with E-state index in [1.54, 1.807) is 24.3 Å². The van der Waals surface area contributed by atoms with E-state index in [2.05, 4.69) is 21.0 Å². The molecule has 0 saturated carbocycles. The highest BCUT2D eigenvalue weighted by Gasteiger charge is 2.21. The molecule has 8 nitrogen and oxygen atoms in total. The minimum absolute atomic E-state index is 0.00449. The second kappa shape index (κ2) is 10.6. The lowest BCUT2D eigenvalue weighted by Gasteiger charge is -2.20. The summed E-state index contributed by atoms with van der Waals surface area (Å²) in [5.41, 5.74) is 7.23. The first-order chi connectivity index (χ1) is 15.3. The van der Waals surface area contributed by atoms with Crippen LogP contribution in [0.2, 0.25) is 5.02 Å². The van der Waals surface area contributed by atoms with Crippen molar-refractivity contribution in [1.29, 1.82) is 0 Å². The van der Waals surface area contributed by atoms with Gasteiger partial charge in [0.05, 0.1) is 11.8 Å². The van der Waals surface area contributed by atoms with Crippen LogP contribution in [-0.4, -0.2) is 51.3 Å². The van der Waals surface area contributed by atoms with Gasteiger partial charge in [0.15, 0.2) is 11.0 Å². The lowest BCUT2D eigenvalue weighted by molar-refractivity contribution is -0.119. The van der Waals surface area contributed by atoms with Crippen molar-refractivity contribution in [2.45, 2.75) is 25.0 Å². The molecule has 0 aliphatic carbocycles. The highest BCUT2D eigenvalue weighted by Crippen LogP contribution is 2.27. The summed E-state index contributed by atoms with van der Waals surface area (Å²) in [5, 5.41) is 9.83. The van der Waals surface area contributed by atoms with Crippen LogP contribution in [0.1, 0.15) is 34.7 Å². The number of thioether (sulfide) groups is 1. The maximum atomic E-state index is 12.3.